The maximum Gasteiger partial charge on any atom is 0.247 e. The molecule has 0 saturated heterocycles. The zero-order valence-corrected chi connectivity index (χ0v) is 15.9. The summed E-state index contributed by atoms with van der Waals surface area (Å²) in [5, 5.41) is 6.11. The second kappa shape index (κ2) is 9.09. The Balaban J connectivity index is 2.04. The van der Waals surface area contributed by atoms with Crippen LogP contribution in [0.5, 0.6) is 5.75 Å². The highest BCUT2D eigenvalue weighted by atomic mass is 35.5. The van der Waals surface area contributed by atoms with E-state index in [0.717, 1.165) is 25.7 Å². The fourth-order valence-corrected chi connectivity index (χ4v) is 3.31. The highest BCUT2D eigenvalue weighted by Gasteiger charge is 2.31. The minimum Gasteiger partial charge on any atom is -0.492 e. The summed E-state index contributed by atoms with van der Waals surface area (Å²) in [7, 11) is 0. The summed E-state index contributed by atoms with van der Waals surface area (Å²) in [6, 6.07) is 4.69. The van der Waals surface area contributed by atoms with E-state index in [2.05, 4.69) is 24.5 Å². The fraction of sp³-hybridized carbons (Fsp3) is 0.579. The van der Waals surface area contributed by atoms with Gasteiger partial charge in [0.25, 0.3) is 0 Å². The minimum atomic E-state index is -0.504. The van der Waals surface area contributed by atoms with Crippen molar-refractivity contribution in [1.29, 1.82) is 0 Å². The number of hydrogen-bond donors (Lipinski definition) is 2. The van der Waals surface area contributed by atoms with E-state index in [1.807, 2.05) is 0 Å². The first kappa shape index (κ1) is 19.6. The zero-order valence-electron chi connectivity index (χ0n) is 15.1. The second-order valence-corrected chi connectivity index (χ2v) is 7.47. The molecule has 0 spiro atoms. The van der Waals surface area contributed by atoms with Gasteiger partial charge in [-0.05, 0) is 42.9 Å². The van der Waals surface area contributed by atoms with E-state index in [1.165, 1.54) is 6.92 Å². The lowest BCUT2D eigenvalue weighted by molar-refractivity contribution is -0.126. The molecule has 138 valence electrons. The molecule has 2 rings (SSSR count). The predicted octanol–water partition coefficient (Wildman–Crippen LogP) is 4.01. The first-order valence-electron chi connectivity index (χ1n) is 8.87. The third kappa shape index (κ3) is 5.92. The van der Waals surface area contributed by atoms with Crippen LogP contribution in [0.3, 0.4) is 0 Å². The van der Waals surface area contributed by atoms with E-state index in [0.29, 0.717) is 29.0 Å². The Morgan fingerprint density at radius 2 is 1.96 bits per heavy atom. The number of amides is 2. The van der Waals surface area contributed by atoms with Crippen molar-refractivity contribution < 1.29 is 14.3 Å². The van der Waals surface area contributed by atoms with Crippen LogP contribution >= 0.6 is 11.6 Å². The van der Waals surface area contributed by atoms with Crippen LogP contribution in [0.15, 0.2) is 18.2 Å². The van der Waals surface area contributed by atoms with Crippen molar-refractivity contribution in [2.75, 3.05) is 11.9 Å². The molecule has 0 bridgehead atoms. The van der Waals surface area contributed by atoms with Gasteiger partial charge in [0.2, 0.25) is 11.8 Å². The molecule has 0 heterocycles. The Morgan fingerprint density at radius 3 is 2.52 bits per heavy atom. The first-order chi connectivity index (χ1) is 11.9. The normalized spacial score (nSPS) is 15.9. The molecule has 5 nitrogen and oxygen atoms in total. The number of nitrogens with one attached hydrogen (secondary N) is 2. The van der Waals surface area contributed by atoms with Gasteiger partial charge in [-0.25, -0.2) is 0 Å². The molecule has 1 saturated carbocycles. The van der Waals surface area contributed by atoms with Crippen LogP contribution in [0.2, 0.25) is 5.02 Å². The standard InChI is InChI=1S/C19H27ClN2O3/c1-12(2)11-25-17-9-8-15(10-16(17)20)22-19(24)18(21-13(3)23)14-6-4-5-7-14/h8-10,12,14,18H,4-7,11H2,1-3H3,(H,21,23)(H,22,24). The molecular formula is C19H27ClN2O3. The molecular weight excluding hydrogens is 340 g/mol. The molecule has 1 aliphatic rings. The van der Waals surface area contributed by atoms with Gasteiger partial charge in [-0.15, -0.1) is 0 Å². The van der Waals surface area contributed by atoms with Gasteiger partial charge in [-0.2, -0.15) is 0 Å². The van der Waals surface area contributed by atoms with Crippen molar-refractivity contribution in [3.05, 3.63) is 23.2 Å². The summed E-state index contributed by atoms with van der Waals surface area (Å²) >= 11 is 6.24. The van der Waals surface area contributed by atoms with Crippen molar-refractivity contribution >= 4 is 29.1 Å². The Bertz CT molecular complexity index is 613. The second-order valence-electron chi connectivity index (χ2n) is 7.06. The lowest BCUT2D eigenvalue weighted by atomic mass is 9.97. The van der Waals surface area contributed by atoms with E-state index < -0.39 is 6.04 Å². The molecule has 1 aromatic carbocycles. The molecule has 1 fully saturated rings. The Kier molecular flexibility index (Phi) is 7.12. The molecule has 1 unspecified atom stereocenters. The smallest absolute Gasteiger partial charge is 0.247 e. The van der Waals surface area contributed by atoms with E-state index in [-0.39, 0.29) is 17.7 Å². The number of hydrogen-bond acceptors (Lipinski definition) is 3. The Hall–Kier alpha value is -1.75. The average Bonchev–Trinajstić information content (AvgIpc) is 3.05. The van der Waals surface area contributed by atoms with E-state index >= 15 is 0 Å². The largest absolute Gasteiger partial charge is 0.492 e. The van der Waals surface area contributed by atoms with E-state index in [4.69, 9.17) is 16.3 Å². The lowest BCUT2D eigenvalue weighted by Crippen LogP contribution is -2.47. The van der Waals surface area contributed by atoms with Crippen LogP contribution in [-0.4, -0.2) is 24.5 Å². The number of rotatable bonds is 7. The van der Waals surface area contributed by atoms with Crippen molar-refractivity contribution in [3.63, 3.8) is 0 Å². The van der Waals surface area contributed by atoms with Crippen molar-refractivity contribution in [2.45, 2.75) is 52.5 Å². The van der Waals surface area contributed by atoms with Gasteiger partial charge in [0.1, 0.15) is 11.8 Å². The van der Waals surface area contributed by atoms with Crippen molar-refractivity contribution in [1.82, 2.24) is 5.32 Å². The molecule has 1 aliphatic carbocycles. The molecule has 6 heteroatoms. The average molecular weight is 367 g/mol. The van der Waals surface area contributed by atoms with Gasteiger partial charge >= 0.3 is 0 Å². The van der Waals surface area contributed by atoms with Gasteiger partial charge in [0.05, 0.1) is 11.6 Å². The number of anilines is 1. The molecule has 25 heavy (non-hydrogen) atoms. The van der Waals surface area contributed by atoms with Gasteiger partial charge in [0, 0.05) is 12.6 Å². The van der Waals surface area contributed by atoms with Crippen LogP contribution in [0, 0.1) is 11.8 Å². The first-order valence-corrected chi connectivity index (χ1v) is 9.25. The van der Waals surface area contributed by atoms with Crippen LogP contribution in [0.1, 0.15) is 46.5 Å². The quantitative estimate of drug-likeness (QED) is 0.766. The molecule has 2 amide bonds. The minimum absolute atomic E-state index is 0.188. The molecule has 0 radical (unpaired) electrons. The number of halogens is 1. The van der Waals surface area contributed by atoms with Crippen molar-refractivity contribution in [2.24, 2.45) is 11.8 Å². The van der Waals surface area contributed by atoms with Crippen LogP contribution in [-0.2, 0) is 9.59 Å². The van der Waals surface area contributed by atoms with Crippen LogP contribution in [0.4, 0.5) is 5.69 Å². The van der Waals surface area contributed by atoms with Crippen molar-refractivity contribution in [3.8, 4) is 5.75 Å². The number of carbonyl (C=O) groups is 2. The molecule has 0 aliphatic heterocycles. The highest BCUT2D eigenvalue weighted by Crippen LogP contribution is 2.30. The fourth-order valence-electron chi connectivity index (χ4n) is 3.08. The summed E-state index contributed by atoms with van der Waals surface area (Å²) in [5.41, 5.74) is 0.597. The molecule has 1 aromatic rings. The maximum absolute atomic E-state index is 12.6. The maximum atomic E-state index is 12.6. The van der Waals surface area contributed by atoms with E-state index in [9.17, 15) is 9.59 Å². The number of ether oxygens (including phenoxy) is 1. The summed E-state index contributed by atoms with van der Waals surface area (Å²) in [6.07, 6.45) is 4.12. The highest BCUT2D eigenvalue weighted by molar-refractivity contribution is 6.32. The molecule has 2 N–H and O–H groups in total. The van der Waals surface area contributed by atoms with Gasteiger partial charge in [0.15, 0.2) is 0 Å². The van der Waals surface area contributed by atoms with Gasteiger partial charge in [-0.1, -0.05) is 38.3 Å². The third-order valence-corrected chi connectivity index (χ3v) is 4.58. The third-order valence-electron chi connectivity index (χ3n) is 4.28. The van der Waals surface area contributed by atoms with Gasteiger partial charge in [-0.3, -0.25) is 9.59 Å². The zero-order chi connectivity index (χ0) is 18.4. The Labute approximate surface area is 154 Å². The summed E-state index contributed by atoms with van der Waals surface area (Å²) in [6.45, 7) is 6.14. The van der Waals surface area contributed by atoms with Crippen LogP contribution < -0.4 is 15.4 Å². The Morgan fingerprint density at radius 1 is 1.28 bits per heavy atom. The molecule has 1 atom stereocenters. The van der Waals surface area contributed by atoms with Gasteiger partial charge < -0.3 is 15.4 Å². The summed E-state index contributed by atoms with van der Waals surface area (Å²) in [4.78, 5) is 24.1. The van der Waals surface area contributed by atoms with E-state index in [1.54, 1.807) is 18.2 Å². The number of benzene rings is 1. The molecule has 0 aromatic heterocycles. The lowest BCUT2D eigenvalue weighted by Gasteiger charge is -2.23. The summed E-state index contributed by atoms with van der Waals surface area (Å²) in [5.74, 6) is 0.799. The topological polar surface area (TPSA) is 67.4 Å². The van der Waals surface area contributed by atoms with Crippen LogP contribution in [0.25, 0.3) is 0 Å². The number of carbonyl (C=O) groups excluding carboxylic acids is 2. The SMILES string of the molecule is CC(=O)NC(C(=O)Nc1ccc(OCC(C)C)c(Cl)c1)C1CCCC1. The monoisotopic (exact) mass is 366 g/mol. The predicted molar refractivity (Wildman–Crippen MR) is 100.0 cm³/mol. The summed E-state index contributed by atoms with van der Waals surface area (Å²) < 4.78 is 5.64.